The highest BCUT2D eigenvalue weighted by molar-refractivity contribution is 6.03. The molecule has 118 valence electrons. The van der Waals surface area contributed by atoms with Crippen LogP contribution < -0.4 is 5.01 Å². The first-order valence-corrected chi connectivity index (χ1v) is 8.07. The van der Waals surface area contributed by atoms with Gasteiger partial charge in [-0.25, -0.2) is 0 Å². The minimum absolute atomic E-state index is 0.0784. The van der Waals surface area contributed by atoms with Crippen molar-refractivity contribution in [1.82, 2.24) is 0 Å². The molecule has 0 amide bonds. The summed E-state index contributed by atoms with van der Waals surface area (Å²) in [4.78, 5) is 0. The minimum Gasteiger partial charge on any atom is -0.508 e. The minimum atomic E-state index is 0.0784. The van der Waals surface area contributed by atoms with Crippen LogP contribution in [0.5, 0.6) is 5.75 Å². The molecule has 0 saturated heterocycles. The van der Waals surface area contributed by atoms with E-state index in [9.17, 15) is 5.11 Å². The van der Waals surface area contributed by atoms with E-state index >= 15 is 0 Å². The number of hydrazone groups is 1. The van der Waals surface area contributed by atoms with E-state index in [0.717, 1.165) is 28.9 Å². The fourth-order valence-electron chi connectivity index (χ4n) is 3.13. The van der Waals surface area contributed by atoms with Gasteiger partial charge >= 0.3 is 0 Å². The molecule has 1 aliphatic heterocycles. The van der Waals surface area contributed by atoms with Crippen LogP contribution in [0.4, 0.5) is 5.69 Å². The number of hydrogen-bond donors (Lipinski definition) is 1. The quantitative estimate of drug-likeness (QED) is 0.757. The van der Waals surface area contributed by atoms with Crippen molar-refractivity contribution >= 4 is 11.4 Å². The summed E-state index contributed by atoms with van der Waals surface area (Å²) in [5, 5.41) is 16.8. The molecule has 0 bridgehead atoms. The van der Waals surface area contributed by atoms with Crippen LogP contribution in [0.25, 0.3) is 0 Å². The van der Waals surface area contributed by atoms with Crippen LogP contribution in [-0.2, 0) is 0 Å². The van der Waals surface area contributed by atoms with E-state index in [-0.39, 0.29) is 11.8 Å². The first-order chi connectivity index (χ1) is 11.8. The normalized spacial score (nSPS) is 16.9. The van der Waals surface area contributed by atoms with Crippen LogP contribution in [0, 0.1) is 0 Å². The number of benzene rings is 3. The molecule has 0 aliphatic carbocycles. The lowest BCUT2D eigenvalue weighted by atomic mass is 9.98. The van der Waals surface area contributed by atoms with Crippen molar-refractivity contribution in [3.8, 4) is 5.75 Å². The second-order valence-electron chi connectivity index (χ2n) is 5.91. The highest BCUT2D eigenvalue weighted by atomic mass is 16.3. The van der Waals surface area contributed by atoms with Gasteiger partial charge in [0, 0.05) is 6.42 Å². The first kappa shape index (κ1) is 14.5. The highest BCUT2D eigenvalue weighted by Gasteiger charge is 2.29. The van der Waals surface area contributed by atoms with Crippen LogP contribution in [-0.4, -0.2) is 10.8 Å². The Morgan fingerprint density at radius 3 is 2.25 bits per heavy atom. The number of nitrogens with zero attached hydrogens (tertiary/aromatic N) is 2. The van der Waals surface area contributed by atoms with Gasteiger partial charge in [-0.05, 0) is 35.4 Å². The maximum atomic E-state index is 9.86. The van der Waals surface area contributed by atoms with Crippen LogP contribution >= 0.6 is 0 Å². The molecule has 1 atom stereocenters. The van der Waals surface area contributed by atoms with Crippen molar-refractivity contribution in [2.24, 2.45) is 5.10 Å². The van der Waals surface area contributed by atoms with Gasteiger partial charge in [0.2, 0.25) is 0 Å². The maximum Gasteiger partial charge on any atom is 0.115 e. The zero-order chi connectivity index (χ0) is 16.4. The standard InChI is InChI=1S/C21H18N2O/c24-19-13-7-10-17(14-19)21-15-20(16-8-3-1-4-9-16)22-23(21)18-11-5-2-6-12-18/h1-14,21,24H,15H2/t21-/m0/s1. The Hall–Kier alpha value is -3.07. The summed E-state index contributed by atoms with van der Waals surface area (Å²) in [6.45, 7) is 0. The van der Waals surface area contributed by atoms with Gasteiger partial charge in [0.05, 0.1) is 17.4 Å². The van der Waals surface area contributed by atoms with E-state index in [2.05, 4.69) is 29.3 Å². The smallest absolute Gasteiger partial charge is 0.115 e. The average Bonchev–Trinajstić information content (AvgIpc) is 3.09. The van der Waals surface area contributed by atoms with Crippen LogP contribution in [0.1, 0.15) is 23.6 Å². The van der Waals surface area contributed by atoms with Crippen LogP contribution in [0.2, 0.25) is 0 Å². The van der Waals surface area contributed by atoms with Gasteiger partial charge in [0.1, 0.15) is 5.75 Å². The molecule has 0 radical (unpaired) electrons. The van der Waals surface area contributed by atoms with Gasteiger partial charge in [0.15, 0.2) is 0 Å². The molecule has 3 nitrogen and oxygen atoms in total. The zero-order valence-corrected chi connectivity index (χ0v) is 13.2. The summed E-state index contributed by atoms with van der Waals surface area (Å²) in [5.41, 5.74) is 4.32. The van der Waals surface area contributed by atoms with Gasteiger partial charge < -0.3 is 5.11 Å². The van der Waals surface area contributed by atoms with Gasteiger partial charge in [-0.2, -0.15) is 5.10 Å². The summed E-state index contributed by atoms with van der Waals surface area (Å²) in [6.07, 6.45) is 0.808. The molecule has 4 rings (SSSR count). The molecule has 3 aromatic rings. The Morgan fingerprint density at radius 1 is 0.833 bits per heavy atom. The molecule has 0 saturated carbocycles. The van der Waals surface area contributed by atoms with E-state index in [1.807, 2.05) is 54.6 Å². The van der Waals surface area contributed by atoms with Crippen molar-refractivity contribution in [3.05, 3.63) is 96.1 Å². The lowest BCUT2D eigenvalue weighted by molar-refractivity contribution is 0.473. The Morgan fingerprint density at radius 2 is 1.54 bits per heavy atom. The average molecular weight is 314 g/mol. The molecule has 0 unspecified atom stereocenters. The molecule has 24 heavy (non-hydrogen) atoms. The van der Waals surface area contributed by atoms with Crippen LogP contribution in [0.15, 0.2) is 90.0 Å². The SMILES string of the molecule is Oc1cccc([C@@H]2CC(c3ccccc3)=NN2c2ccccc2)c1. The molecule has 3 heteroatoms. The topological polar surface area (TPSA) is 35.8 Å². The van der Waals surface area contributed by atoms with E-state index in [4.69, 9.17) is 5.10 Å². The first-order valence-electron chi connectivity index (χ1n) is 8.07. The largest absolute Gasteiger partial charge is 0.508 e. The van der Waals surface area contributed by atoms with E-state index in [0.29, 0.717) is 0 Å². The molecule has 0 fully saturated rings. The Kier molecular flexibility index (Phi) is 3.75. The summed E-state index contributed by atoms with van der Waals surface area (Å²) < 4.78 is 0. The lowest BCUT2D eigenvalue weighted by Gasteiger charge is -2.24. The van der Waals surface area contributed by atoms with E-state index in [1.54, 1.807) is 6.07 Å². The monoisotopic (exact) mass is 314 g/mol. The number of para-hydroxylation sites is 1. The summed E-state index contributed by atoms with van der Waals surface area (Å²) in [6, 6.07) is 28.0. The third kappa shape index (κ3) is 2.76. The molecular formula is C21H18N2O. The van der Waals surface area contributed by atoms with Crippen molar-refractivity contribution in [2.75, 3.05) is 5.01 Å². The molecule has 1 heterocycles. The van der Waals surface area contributed by atoms with Gasteiger partial charge in [-0.15, -0.1) is 0 Å². The molecule has 3 aromatic carbocycles. The third-order valence-electron chi connectivity index (χ3n) is 4.29. The van der Waals surface area contributed by atoms with Crippen LogP contribution in [0.3, 0.4) is 0 Å². The summed E-state index contributed by atoms with van der Waals surface area (Å²) in [5.74, 6) is 0.286. The number of phenolic OH excluding ortho intramolecular Hbond substituents is 1. The molecular weight excluding hydrogens is 296 g/mol. The maximum absolute atomic E-state index is 9.86. The van der Waals surface area contributed by atoms with E-state index < -0.39 is 0 Å². The second kappa shape index (κ2) is 6.20. The van der Waals surface area contributed by atoms with Crippen molar-refractivity contribution in [1.29, 1.82) is 0 Å². The third-order valence-corrected chi connectivity index (χ3v) is 4.29. The number of hydrogen-bond acceptors (Lipinski definition) is 3. The number of aromatic hydroxyl groups is 1. The molecule has 1 N–H and O–H groups in total. The lowest BCUT2D eigenvalue weighted by Crippen LogP contribution is -2.18. The van der Waals surface area contributed by atoms with Crippen molar-refractivity contribution in [3.63, 3.8) is 0 Å². The van der Waals surface area contributed by atoms with Gasteiger partial charge in [0.25, 0.3) is 0 Å². The van der Waals surface area contributed by atoms with Crippen molar-refractivity contribution < 1.29 is 5.11 Å². The fourth-order valence-corrected chi connectivity index (χ4v) is 3.13. The predicted molar refractivity (Wildman–Crippen MR) is 97.4 cm³/mol. The van der Waals surface area contributed by atoms with Gasteiger partial charge in [-0.3, -0.25) is 5.01 Å². The van der Waals surface area contributed by atoms with Crippen molar-refractivity contribution in [2.45, 2.75) is 12.5 Å². The number of anilines is 1. The predicted octanol–water partition coefficient (Wildman–Crippen LogP) is 4.75. The zero-order valence-electron chi connectivity index (χ0n) is 13.2. The Labute approximate surface area is 141 Å². The Balaban J connectivity index is 1.76. The molecule has 0 spiro atoms. The fraction of sp³-hybridized carbons (Fsp3) is 0.0952. The summed E-state index contributed by atoms with van der Waals surface area (Å²) >= 11 is 0. The summed E-state index contributed by atoms with van der Waals surface area (Å²) in [7, 11) is 0. The number of rotatable bonds is 3. The van der Waals surface area contributed by atoms with Gasteiger partial charge in [-0.1, -0.05) is 60.7 Å². The Bertz CT molecular complexity index is 859. The van der Waals surface area contributed by atoms with E-state index in [1.165, 1.54) is 0 Å². The number of phenols is 1. The molecule has 0 aromatic heterocycles. The molecule has 1 aliphatic rings. The second-order valence-corrected chi connectivity index (χ2v) is 5.91. The highest BCUT2D eigenvalue weighted by Crippen LogP contribution is 2.37.